The molecule has 0 aromatic carbocycles. The van der Waals surface area contributed by atoms with Crippen molar-refractivity contribution in [3.63, 3.8) is 0 Å². The number of nitrogens with one attached hydrogen (secondary N) is 1. The van der Waals surface area contributed by atoms with E-state index in [1.807, 2.05) is 6.42 Å². The number of piperidine rings is 1. The van der Waals surface area contributed by atoms with Gasteiger partial charge in [0.2, 0.25) is 0 Å². The highest BCUT2D eigenvalue weighted by Crippen LogP contribution is 2.07. The second-order valence-electron chi connectivity index (χ2n) is 2.17. The Labute approximate surface area is 54.1 Å². The summed E-state index contributed by atoms with van der Waals surface area (Å²) in [5.74, 6) is -0.985. The largest absolute Gasteiger partial charge is 0.481 e. The molecule has 1 unspecified atom stereocenters. The van der Waals surface area contributed by atoms with Crippen LogP contribution in [0.4, 0.5) is 0 Å². The fourth-order valence-corrected chi connectivity index (χ4v) is 0.916. The molecule has 0 bridgehead atoms. The van der Waals surface area contributed by atoms with E-state index in [-0.39, 0.29) is 5.92 Å². The van der Waals surface area contributed by atoms with Gasteiger partial charge in [0.05, 0.1) is 5.92 Å². The Morgan fingerprint density at radius 1 is 1.78 bits per heavy atom. The Bertz CT molecular complexity index is 108. The third kappa shape index (κ3) is 1.68. The minimum Gasteiger partial charge on any atom is -0.481 e. The van der Waals surface area contributed by atoms with Gasteiger partial charge < -0.3 is 10.4 Å². The lowest BCUT2D eigenvalue weighted by atomic mass is 10.0. The topological polar surface area (TPSA) is 49.3 Å². The molecule has 1 heterocycles. The Balaban J connectivity index is 2.31. The second-order valence-corrected chi connectivity index (χ2v) is 2.17. The van der Waals surface area contributed by atoms with Gasteiger partial charge in [-0.15, -0.1) is 0 Å². The zero-order valence-electron chi connectivity index (χ0n) is 5.13. The van der Waals surface area contributed by atoms with Crippen LogP contribution in [0.3, 0.4) is 0 Å². The van der Waals surface area contributed by atoms with E-state index in [2.05, 4.69) is 5.32 Å². The molecule has 0 aliphatic carbocycles. The van der Waals surface area contributed by atoms with Gasteiger partial charge in [-0.1, -0.05) is 0 Å². The summed E-state index contributed by atoms with van der Waals surface area (Å²) >= 11 is 0. The SMILES string of the molecule is O=C(O)C1[CH]CCNC1. The van der Waals surface area contributed by atoms with E-state index in [1.54, 1.807) is 0 Å². The quantitative estimate of drug-likeness (QED) is 0.517. The highest BCUT2D eigenvalue weighted by atomic mass is 16.4. The van der Waals surface area contributed by atoms with Gasteiger partial charge in [0.25, 0.3) is 0 Å². The van der Waals surface area contributed by atoms with Crippen LogP contribution in [0.2, 0.25) is 0 Å². The highest BCUT2D eigenvalue weighted by molar-refractivity contribution is 5.71. The van der Waals surface area contributed by atoms with Crippen molar-refractivity contribution in [1.29, 1.82) is 0 Å². The van der Waals surface area contributed by atoms with Crippen LogP contribution in [0.25, 0.3) is 0 Å². The molecule has 1 saturated heterocycles. The maximum Gasteiger partial charge on any atom is 0.308 e. The first kappa shape index (κ1) is 6.55. The molecule has 3 heteroatoms. The zero-order valence-corrected chi connectivity index (χ0v) is 5.13. The molecule has 0 aromatic heterocycles. The van der Waals surface area contributed by atoms with Crippen molar-refractivity contribution in [3.8, 4) is 0 Å². The molecule has 1 rings (SSSR count). The van der Waals surface area contributed by atoms with Crippen molar-refractivity contribution < 1.29 is 9.90 Å². The Morgan fingerprint density at radius 2 is 2.56 bits per heavy atom. The van der Waals surface area contributed by atoms with E-state index in [4.69, 9.17) is 5.11 Å². The molecule has 1 radical (unpaired) electrons. The van der Waals surface area contributed by atoms with Crippen LogP contribution in [-0.2, 0) is 4.79 Å². The van der Waals surface area contributed by atoms with Crippen LogP contribution >= 0.6 is 0 Å². The highest BCUT2D eigenvalue weighted by Gasteiger charge is 2.19. The third-order valence-electron chi connectivity index (χ3n) is 1.45. The Hall–Kier alpha value is -0.570. The molecule has 51 valence electrons. The molecular weight excluding hydrogens is 118 g/mol. The molecule has 0 amide bonds. The molecular formula is C6H10NO2. The van der Waals surface area contributed by atoms with E-state index in [1.165, 1.54) is 0 Å². The van der Waals surface area contributed by atoms with E-state index in [0.717, 1.165) is 13.0 Å². The second kappa shape index (κ2) is 2.82. The number of hydrogen-bond acceptors (Lipinski definition) is 2. The van der Waals surface area contributed by atoms with Crippen LogP contribution in [0.15, 0.2) is 0 Å². The normalized spacial score (nSPS) is 27.8. The smallest absolute Gasteiger partial charge is 0.308 e. The molecule has 1 fully saturated rings. The summed E-state index contributed by atoms with van der Waals surface area (Å²) in [5.41, 5.74) is 0. The molecule has 9 heavy (non-hydrogen) atoms. The number of carboxylic acids is 1. The lowest BCUT2D eigenvalue weighted by Gasteiger charge is -2.17. The van der Waals surface area contributed by atoms with Crippen molar-refractivity contribution >= 4 is 5.97 Å². The van der Waals surface area contributed by atoms with Gasteiger partial charge in [-0.05, 0) is 19.4 Å². The van der Waals surface area contributed by atoms with Crippen LogP contribution < -0.4 is 5.32 Å². The predicted molar refractivity (Wildman–Crippen MR) is 32.9 cm³/mol. The zero-order chi connectivity index (χ0) is 6.69. The first-order chi connectivity index (χ1) is 4.30. The molecule has 1 aliphatic heterocycles. The van der Waals surface area contributed by atoms with Crippen LogP contribution in [0, 0.1) is 12.3 Å². The third-order valence-corrected chi connectivity index (χ3v) is 1.45. The number of rotatable bonds is 1. The minimum atomic E-state index is -0.720. The van der Waals surface area contributed by atoms with Gasteiger partial charge in [-0.2, -0.15) is 0 Å². The van der Waals surface area contributed by atoms with Gasteiger partial charge >= 0.3 is 5.97 Å². The number of carboxylic acid groups (broad SMARTS) is 1. The van der Waals surface area contributed by atoms with Gasteiger partial charge in [0.1, 0.15) is 0 Å². The van der Waals surface area contributed by atoms with Gasteiger partial charge in [0.15, 0.2) is 0 Å². The molecule has 0 spiro atoms. The maximum atomic E-state index is 10.3. The summed E-state index contributed by atoms with van der Waals surface area (Å²) in [6.45, 7) is 1.51. The molecule has 3 nitrogen and oxygen atoms in total. The molecule has 1 aliphatic rings. The Morgan fingerprint density at radius 3 is 2.89 bits per heavy atom. The van der Waals surface area contributed by atoms with Crippen molar-refractivity contribution in [2.45, 2.75) is 6.42 Å². The first-order valence-electron chi connectivity index (χ1n) is 3.07. The fourth-order valence-electron chi connectivity index (χ4n) is 0.916. The van der Waals surface area contributed by atoms with E-state index in [9.17, 15) is 4.79 Å². The fraction of sp³-hybridized carbons (Fsp3) is 0.667. The summed E-state index contributed by atoms with van der Waals surface area (Å²) in [6, 6.07) is 0. The monoisotopic (exact) mass is 128 g/mol. The van der Waals surface area contributed by atoms with Crippen molar-refractivity contribution in [2.75, 3.05) is 13.1 Å². The van der Waals surface area contributed by atoms with E-state index < -0.39 is 5.97 Å². The van der Waals surface area contributed by atoms with Crippen molar-refractivity contribution in [3.05, 3.63) is 6.42 Å². The van der Waals surface area contributed by atoms with Crippen molar-refractivity contribution in [1.82, 2.24) is 5.32 Å². The van der Waals surface area contributed by atoms with Crippen molar-refractivity contribution in [2.24, 2.45) is 5.92 Å². The lowest BCUT2D eigenvalue weighted by molar-refractivity contribution is -0.140. The van der Waals surface area contributed by atoms with Crippen LogP contribution in [-0.4, -0.2) is 24.2 Å². The average Bonchev–Trinajstić information content (AvgIpc) is 1.90. The molecule has 0 saturated carbocycles. The summed E-state index contributed by atoms with van der Waals surface area (Å²) in [4.78, 5) is 10.3. The molecule has 1 atom stereocenters. The summed E-state index contributed by atoms with van der Waals surface area (Å²) in [6.07, 6.45) is 2.72. The molecule has 0 aromatic rings. The van der Waals surface area contributed by atoms with E-state index in [0.29, 0.717) is 6.54 Å². The number of aliphatic carboxylic acids is 1. The summed E-state index contributed by atoms with van der Waals surface area (Å²) in [7, 11) is 0. The first-order valence-corrected chi connectivity index (χ1v) is 3.07. The average molecular weight is 128 g/mol. The van der Waals surface area contributed by atoms with Gasteiger partial charge in [-0.25, -0.2) is 0 Å². The van der Waals surface area contributed by atoms with Crippen LogP contribution in [0.1, 0.15) is 6.42 Å². The predicted octanol–water partition coefficient (Wildman–Crippen LogP) is -0.115. The standard InChI is InChI=1S/C6H10NO2/c8-6(9)5-2-1-3-7-4-5/h2,5,7H,1,3-4H2,(H,8,9). The van der Waals surface area contributed by atoms with E-state index >= 15 is 0 Å². The maximum absolute atomic E-state index is 10.3. The number of carbonyl (C=O) groups is 1. The summed E-state index contributed by atoms with van der Waals surface area (Å²) in [5, 5.41) is 11.5. The minimum absolute atomic E-state index is 0.265. The van der Waals surface area contributed by atoms with Crippen LogP contribution in [0.5, 0.6) is 0 Å². The summed E-state index contributed by atoms with van der Waals surface area (Å²) < 4.78 is 0. The lowest BCUT2D eigenvalue weighted by Crippen LogP contribution is -2.34. The van der Waals surface area contributed by atoms with Gasteiger partial charge in [0, 0.05) is 6.54 Å². The Kier molecular flexibility index (Phi) is 2.05. The molecule has 2 N–H and O–H groups in total. The number of hydrogen-bond donors (Lipinski definition) is 2. The van der Waals surface area contributed by atoms with Gasteiger partial charge in [-0.3, -0.25) is 4.79 Å².